The lowest BCUT2D eigenvalue weighted by Crippen LogP contribution is -2.26. The Morgan fingerprint density at radius 1 is 0.545 bits per heavy atom. The highest BCUT2D eigenvalue weighted by Gasteiger charge is 2.13. The van der Waals surface area contributed by atoms with E-state index < -0.39 is 0 Å². The summed E-state index contributed by atoms with van der Waals surface area (Å²) in [6.45, 7) is 0. The van der Waals surface area contributed by atoms with Gasteiger partial charge in [0.25, 0.3) is 0 Å². The van der Waals surface area contributed by atoms with Crippen LogP contribution in [-0.2, 0) is 6.42 Å². The molecule has 0 aromatic heterocycles. The highest BCUT2D eigenvalue weighted by Crippen LogP contribution is 2.18. The van der Waals surface area contributed by atoms with Gasteiger partial charge in [0, 0.05) is 6.42 Å². The minimum Gasteiger partial charge on any atom is -0.455 e. The third kappa shape index (κ3) is 4.13. The standard InChI is InChI=1S/C20H18O2/c1-4-10-17(11-5-1)16-20(21-18-12-6-2-7-13-18)22-19-14-8-3-9-15-19/h1-15,20H,16H2. The van der Waals surface area contributed by atoms with E-state index in [2.05, 4.69) is 12.1 Å². The van der Waals surface area contributed by atoms with Crippen LogP contribution in [0, 0.1) is 0 Å². The first-order chi connectivity index (χ1) is 10.9. The average molecular weight is 290 g/mol. The number of ether oxygens (including phenoxy) is 2. The minimum absolute atomic E-state index is 0.368. The lowest BCUT2D eigenvalue weighted by Gasteiger charge is -2.20. The Kier molecular flexibility index (Phi) is 4.73. The highest BCUT2D eigenvalue weighted by molar-refractivity contribution is 5.24. The largest absolute Gasteiger partial charge is 0.455 e. The van der Waals surface area contributed by atoms with E-state index in [4.69, 9.17) is 9.47 Å². The fourth-order valence-electron chi connectivity index (χ4n) is 2.22. The molecule has 0 aliphatic heterocycles. The van der Waals surface area contributed by atoms with Gasteiger partial charge in [-0.25, -0.2) is 0 Å². The number of para-hydroxylation sites is 2. The second-order valence-corrected chi connectivity index (χ2v) is 4.98. The van der Waals surface area contributed by atoms with Crippen molar-refractivity contribution >= 4 is 0 Å². The van der Waals surface area contributed by atoms with Crippen LogP contribution in [0.5, 0.6) is 11.5 Å². The van der Waals surface area contributed by atoms with E-state index in [0.717, 1.165) is 11.5 Å². The van der Waals surface area contributed by atoms with E-state index >= 15 is 0 Å². The molecule has 0 saturated heterocycles. The molecule has 2 heteroatoms. The molecule has 2 nitrogen and oxygen atoms in total. The van der Waals surface area contributed by atoms with Gasteiger partial charge in [0.05, 0.1) is 0 Å². The highest BCUT2D eigenvalue weighted by atomic mass is 16.7. The maximum absolute atomic E-state index is 6.00. The van der Waals surface area contributed by atoms with Gasteiger partial charge < -0.3 is 9.47 Å². The molecule has 0 radical (unpaired) electrons. The van der Waals surface area contributed by atoms with Gasteiger partial charge in [0.2, 0.25) is 6.29 Å². The van der Waals surface area contributed by atoms with Gasteiger partial charge >= 0.3 is 0 Å². The summed E-state index contributed by atoms with van der Waals surface area (Å²) in [5, 5.41) is 0. The molecule has 3 aromatic carbocycles. The smallest absolute Gasteiger partial charge is 0.245 e. The van der Waals surface area contributed by atoms with Crippen molar-refractivity contribution < 1.29 is 9.47 Å². The molecule has 0 aliphatic rings. The van der Waals surface area contributed by atoms with Gasteiger partial charge in [0.1, 0.15) is 11.5 Å². The molecule has 0 fully saturated rings. The molecule has 0 bridgehead atoms. The molecule has 3 rings (SSSR count). The molecule has 0 aliphatic carbocycles. The second-order valence-electron chi connectivity index (χ2n) is 4.98. The predicted molar refractivity (Wildman–Crippen MR) is 88.1 cm³/mol. The number of hydrogen-bond donors (Lipinski definition) is 0. The van der Waals surface area contributed by atoms with Crippen molar-refractivity contribution in [2.75, 3.05) is 0 Å². The van der Waals surface area contributed by atoms with E-state index in [-0.39, 0.29) is 6.29 Å². The van der Waals surface area contributed by atoms with Crippen molar-refractivity contribution in [2.45, 2.75) is 12.7 Å². The van der Waals surface area contributed by atoms with Gasteiger partial charge in [-0.05, 0) is 29.8 Å². The van der Waals surface area contributed by atoms with Gasteiger partial charge in [-0.2, -0.15) is 0 Å². The van der Waals surface area contributed by atoms with Crippen molar-refractivity contribution in [3.8, 4) is 11.5 Å². The first kappa shape index (κ1) is 14.2. The molecule has 0 unspecified atom stereocenters. The first-order valence-electron chi connectivity index (χ1n) is 7.37. The molecule has 22 heavy (non-hydrogen) atoms. The molecule has 0 N–H and O–H groups in total. The van der Waals surface area contributed by atoms with Crippen LogP contribution in [0.3, 0.4) is 0 Å². The topological polar surface area (TPSA) is 18.5 Å². The molecular formula is C20H18O2. The van der Waals surface area contributed by atoms with Gasteiger partial charge in [0.15, 0.2) is 0 Å². The zero-order valence-corrected chi connectivity index (χ0v) is 12.3. The fraction of sp³-hybridized carbons (Fsp3) is 0.100. The van der Waals surface area contributed by atoms with Crippen molar-refractivity contribution in [3.05, 3.63) is 96.6 Å². The van der Waals surface area contributed by atoms with Gasteiger partial charge in [-0.15, -0.1) is 0 Å². The number of benzene rings is 3. The lowest BCUT2D eigenvalue weighted by atomic mass is 10.1. The quantitative estimate of drug-likeness (QED) is 0.612. The fourth-order valence-corrected chi connectivity index (χ4v) is 2.22. The molecule has 110 valence electrons. The monoisotopic (exact) mass is 290 g/mol. The molecule has 0 heterocycles. The zero-order chi connectivity index (χ0) is 15.0. The van der Waals surface area contributed by atoms with E-state index in [9.17, 15) is 0 Å². The van der Waals surface area contributed by atoms with E-state index in [1.165, 1.54) is 5.56 Å². The summed E-state index contributed by atoms with van der Waals surface area (Å²) in [6, 6.07) is 29.7. The second kappa shape index (κ2) is 7.32. The molecule has 3 aromatic rings. The third-order valence-electron chi connectivity index (χ3n) is 3.27. The molecule has 0 saturated carbocycles. The maximum Gasteiger partial charge on any atom is 0.245 e. The normalized spacial score (nSPS) is 10.4. The Balaban J connectivity index is 1.75. The average Bonchev–Trinajstić information content (AvgIpc) is 2.57. The zero-order valence-electron chi connectivity index (χ0n) is 12.3. The summed E-state index contributed by atoms with van der Waals surface area (Å²) in [6.07, 6.45) is 0.317. The third-order valence-corrected chi connectivity index (χ3v) is 3.27. The summed E-state index contributed by atoms with van der Waals surface area (Å²) >= 11 is 0. The molecular weight excluding hydrogens is 272 g/mol. The predicted octanol–water partition coefficient (Wildman–Crippen LogP) is 4.71. The van der Waals surface area contributed by atoms with Crippen LogP contribution in [0.4, 0.5) is 0 Å². The maximum atomic E-state index is 6.00. The Morgan fingerprint density at radius 2 is 0.955 bits per heavy atom. The minimum atomic E-state index is -0.368. The van der Waals surface area contributed by atoms with Crippen molar-refractivity contribution in [1.82, 2.24) is 0 Å². The van der Waals surface area contributed by atoms with Gasteiger partial charge in [-0.1, -0.05) is 66.7 Å². The Labute approximate surface area is 131 Å². The molecule has 0 amide bonds. The van der Waals surface area contributed by atoms with Gasteiger partial charge in [-0.3, -0.25) is 0 Å². The van der Waals surface area contributed by atoms with Crippen LogP contribution >= 0.6 is 0 Å². The summed E-state index contributed by atoms with van der Waals surface area (Å²) in [7, 11) is 0. The van der Waals surface area contributed by atoms with Crippen molar-refractivity contribution in [1.29, 1.82) is 0 Å². The van der Waals surface area contributed by atoms with E-state index in [1.807, 2.05) is 78.9 Å². The van der Waals surface area contributed by atoms with Crippen LogP contribution < -0.4 is 9.47 Å². The summed E-state index contributed by atoms with van der Waals surface area (Å²) < 4.78 is 12.0. The van der Waals surface area contributed by atoms with E-state index in [1.54, 1.807) is 0 Å². The van der Waals surface area contributed by atoms with Crippen LogP contribution in [0.15, 0.2) is 91.0 Å². The summed E-state index contributed by atoms with van der Waals surface area (Å²) in [5.74, 6) is 1.61. The van der Waals surface area contributed by atoms with Crippen LogP contribution in [0.2, 0.25) is 0 Å². The van der Waals surface area contributed by atoms with Crippen LogP contribution in [0.25, 0.3) is 0 Å². The molecule has 0 spiro atoms. The first-order valence-corrected chi connectivity index (χ1v) is 7.37. The summed E-state index contributed by atoms with van der Waals surface area (Å²) in [4.78, 5) is 0. The molecule has 0 atom stereocenters. The van der Waals surface area contributed by atoms with Crippen molar-refractivity contribution in [2.24, 2.45) is 0 Å². The Bertz CT molecular complexity index is 567. The van der Waals surface area contributed by atoms with E-state index in [0.29, 0.717) is 6.42 Å². The summed E-state index contributed by atoms with van der Waals surface area (Å²) in [5.41, 5.74) is 1.18. The van der Waals surface area contributed by atoms with Crippen LogP contribution in [-0.4, -0.2) is 6.29 Å². The van der Waals surface area contributed by atoms with Crippen molar-refractivity contribution in [3.63, 3.8) is 0 Å². The number of rotatable bonds is 6. The Morgan fingerprint density at radius 3 is 1.41 bits per heavy atom. The van der Waals surface area contributed by atoms with Crippen LogP contribution in [0.1, 0.15) is 5.56 Å². The number of hydrogen-bond acceptors (Lipinski definition) is 2. The lowest BCUT2D eigenvalue weighted by molar-refractivity contribution is 0.00665. The SMILES string of the molecule is c1ccc(CC(Oc2ccccc2)Oc2ccccc2)cc1. The Hall–Kier alpha value is -2.74.